The first kappa shape index (κ1) is 6.21. The van der Waals surface area contributed by atoms with Gasteiger partial charge >= 0.3 is 0 Å². The van der Waals surface area contributed by atoms with Gasteiger partial charge in [0.05, 0.1) is 0 Å². The summed E-state index contributed by atoms with van der Waals surface area (Å²) in [7, 11) is 1.83. The molecule has 0 aliphatic heterocycles. The zero-order valence-electron chi connectivity index (χ0n) is 4.76. The fourth-order valence-corrected chi connectivity index (χ4v) is 0.263. The van der Waals surface area contributed by atoms with Gasteiger partial charge in [0.15, 0.2) is 0 Å². The van der Waals surface area contributed by atoms with Gasteiger partial charge in [-0.1, -0.05) is 6.08 Å². The maximum atomic E-state index is 3.57. The Labute approximate surface area is 44.1 Å². The molecule has 0 N–H and O–H groups in total. The Bertz CT molecular complexity index is 76.1. The van der Waals surface area contributed by atoms with E-state index in [-0.39, 0.29) is 0 Å². The lowest BCUT2D eigenvalue weighted by Crippen LogP contribution is -1.97. The summed E-state index contributed by atoms with van der Waals surface area (Å²) in [5.74, 6) is 0. The van der Waals surface area contributed by atoms with E-state index in [1.54, 1.807) is 5.01 Å². The van der Waals surface area contributed by atoms with Gasteiger partial charge in [-0.2, -0.15) is 5.10 Å². The lowest BCUT2D eigenvalue weighted by molar-refractivity contribution is 0.494. The van der Waals surface area contributed by atoms with E-state index in [2.05, 4.69) is 11.8 Å². The van der Waals surface area contributed by atoms with Crippen LogP contribution in [0.5, 0.6) is 0 Å². The Balaban J connectivity index is 3.35. The molecule has 0 aliphatic carbocycles. The van der Waals surface area contributed by atoms with Crippen LogP contribution in [-0.4, -0.2) is 18.8 Å². The molecule has 0 heterocycles. The van der Waals surface area contributed by atoms with Gasteiger partial charge in [0.1, 0.15) is 0 Å². The molecule has 0 saturated carbocycles. The SMILES string of the molecule is C=NN(C)/C=C\C. The fourth-order valence-electron chi connectivity index (χ4n) is 0.263. The lowest BCUT2D eigenvalue weighted by atomic mass is 10.7. The van der Waals surface area contributed by atoms with Crippen molar-refractivity contribution in [3.05, 3.63) is 12.3 Å². The van der Waals surface area contributed by atoms with Gasteiger partial charge < -0.3 is 0 Å². The second kappa shape index (κ2) is 3.40. The monoisotopic (exact) mass is 98.1 g/mol. The number of allylic oxidation sites excluding steroid dienone is 1. The van der Waals surface area contributed by atoms with E-state index in [0.29, 0.717) is 0 Å². The van der Waals surface area contributed by atoms with E-state index in [1.807, 2.05) is 26.2 Å². The third kappa shape index (κ3) is 3.03. The summed E-state index contributed by atoms with van der Waals surface area (Å²) >= 11 is 0. The number of hydrazone groups is 1. The number of rotatable bonds is 2. The Morgan fingerprint density at radius 1 is 1.71 bits per heavy atom. The van der Waals surface area contributed by atoms with Gasteiger partial charge in [-0.25, -0.2) is 0 Å². The minimum absolute atomic E-state index is 1.64. The maximum absolute atomic E-state index is 3.57. The number of nitrogens with zero attached hydrogens (tertiary/aromatic N) is 2. The normalized spacial score (nSPS) is 9.43. The largest absolute Gasteiger partial charge is 0.277 e. The molecule has 0 aromatic carbocycles. The first-order valence-corrected chi connectivity index (χ1v) is 2.13. The molecule has 0 bridgehead atoms. The highest BCUT2D eigenvalue weighted by Gasteiger charge is 1.72. The predicted molar refractivity (Wildman–Crippen MR) is 32.1 cm³/mol. The summed E-state index contributed by atoms with van der Waals surface area (Å²) in [5, 5.41) is 5.21. The van der Waals surface area contributed by atoms with Gasteiger partial charge in [0.25, 0.3) is 0 Å². The fraction of sp³-hybridized carbons (Fsp3) is 0.400. The third-order valence-corrected chi connectivity index (χ3v) is 0.588. The highest BCUT2D eigenvalue weighted by atomic mass is 15.4. The molecule has 0 saturated heterocycles. The maximum Gasteiger partial charge on any atom is 0.0296 e. The molecular weight excluding hydrogens is 88.1 g/mol. The summed E-state index contributed by atoms with van der Waals surface area (Å²) in [6, 6.07) is 0. The second-order valence-electron chi connectivity index (χ2n) is 1.20. The molecule has 0 unspecified atom stereocenters. The van der Waals surface area contributed by atoms with Gasteiger partial charge in [0.2, 0.25) is 0 Å². The van der Waals surface area contributed by atoms with E-state index in [4.69, 9.17) is 0 Å². The molecule has 0 amide bonds. The summed E-state index contributed by atoms with van der Waals surface area (Å²) in [5.41, 5.74) is 0. The molecule has 0 atom stereocenters. The van der Waals surface area contributed by atoms with Crippen molar-refractivity contribution >= 4 is 6.72 Å². The molecule has 2 nitrogen and oxygen atoms in total. The quantitative estimate of drug-likeness (QED) is 0.372. The molecule has 0 aromatic heterocycles. The number of hydrogen-bond donors (Lipinski definition) is 0. The van der Waals surface area contributed by atoms with Crippen molar-refractivity contribution in [3.63, 3.8) is 0 Å². The van der Waals surface area contributed by atoms with Crippen molar-refractivity contribution < 1.29 is 0 Å². The highest BCUT2D eigenvalue weighted by Crippen LogP contribution is 1.79. The average molecular weight is 98.1 g/mol. The average Bonchev–Trinajstić information content (AvgIpc) is 1.68. The Morgan fingerprint density at radius 3 is 2.43 bits per heavy atom. The van der Waals surface area contributed by atoms with Crippen molar-refractivity contribution in [2.45, 2.75) is 6.92 Å². The molecule has 0 radical (unpaired) electrons. The molecule has 0 fully saturated rings. The Hall–Kier alpha value is -0.790. The Morgan fingerprint density at radius 2 is 2.29 bits per heavy atom. The van der Waals surface area contributed by atoms with E-state index in [0.717, 1.165) is 0 Å². The minimum Gasteiger partial charge on any atom is -0.277 e. The molecule has 7 heavy (non-hydrogen) atoms. The smallest absolute Gasteiger partial charge is 0.0296 e. The van der Waals surface area contributed by atoms with Gasteiger partial charge in [0, 0.05) is 20.0 Å². The minimum atomic E-state index is 1.64. The van der Waals surface area contributed by atoms with Gasteiger partial charge in [-0.05, 0) is 6.92 Å². The van der Waals surface area contributed by atoms with Crippen molar-refractivity contribution in [3.8, 4) is 0 Å². The molecule has 0 spiro atoms. The molecule has 2 heteroatoms. The highest BCUT2D eigenvalue weighted by molar-refractivity contribution is 5.22. The standard InChI is InChI=1S/C5H10N2/c1-4-5-7(3)6-2/h4-5H,2H2,1,3H3/b5-4-. The molecule has 40 valence electrons. The Kier molecular flexibility index (Phi) is 3.02. The van der Waals surface area contributed by atoms with Crippen LogP contribution in [0.1, 0.15) is 6.92 Å². The first-order valence-electron chi connectivity index (χ1n) is 2.13. The van der Waals surface area contributed by atoms with Crippen LogP contribution >= 0.6 is 0 Å². The van der Waals surface area contributed by atoms with Crippen LogP contribution in [-0.2, 0) is 0 Å². The molecule has 0 rings (SSSR count). The van der Waals surface area contributed by atoms with Crippen LogP contribution < -0.4 is 0 Å². The predicted octanol–water partition coefficient (Wildman–Crippen LogP) is 1.07. The van der Waals surface area contributed by atoms with Gasteiger partial charge in [-0.15, -0.1) is 0 Å². The lowest BCUT2D eigenvalue weighted by Gasteiger charge is -2.00. The van der Waals surface area contributed by atoms with Gasteiger partial charge in [-0.3, -0.25) is 5.01 Å². The number of hydrogen-bond acceptors (Lipinski definition) is 2. The van der Waals surface area contributed by atoms with E-state index in [1.165, 1.54) is 0 Å². The van der Waals surface area contributed by atoms with Crippen molar-refractivity contribution in [2.75, 3.05) is 7.05 Å². The third-order valence-electron chi connectivity index (χ3n) is 0.588. The van der Waals surface area contributed by atoms with Crippen molar-refractivity contribution in [1.29, 1.82) is 0 Å². The summed E-state index contributed by atoms with van der Waals surface area (Å²) < 4.78 is 0. The van der Waals surface area contributed by atoms with Crippen molar-refractivity contribution in [1.82, 2.24) is 5.01 Å². The van der Waals surface area contributed by atoms with Crippen LogP contribution in [0.15, 0.2) is 17.4 Å². The van der Waals surface area contributed by atoms with E-state index in [9.17, 15) is 0 Å². The van der Waals surface area contributed by atoms with Crippen LogP contribution in [0.25, 0.3) is 0 Å². The zero-order chi connectivity index (χ0) is 5.70. The van der Waals surface area contributed by atoms with Crippen LogP contribution in [0.4, 0.5) is 0 Å². The van der Waals surface area contributed by atoms with E-state index >= 15 is 0 Å². The van der Waals surface area contributed by atoms with E-state index < -0.39 is 0 Å². The molecule has 0 aliphatic rings. The second-order valence-corrected chi connectivity index (χ2v) is 1.20. The summed E-state index contributed by atoms with van der Waals surface area (Å²) in [6.07, 6.45) is 3.72. The zero-order valence-corrected chi connectivity index (χ0v) is 4.76. The van der Waals surface area contributed by atoms with Crippen LogP contribution in [0, 0.1) is 0 Å². The summed E-state index contributed by atoms with van der Waals surface area (Å²) in [4.78, 5) is 0. The van der Waals surface area contributed by atoms with Crippen LogP contribution in [0.3, 0.4) is 0 Å². The summed E-state index contributed by atoms with van der Waals surface area (Å²) in [6.45, 7) is 5.24. The van der Waals surface area contributed by atoms with Crippen LogP contribution in [0.2, 0.25) is 0 Å². The first-order chi connectivity index (χ1) is 3.31. The van der Waals surface area contributed by atoms with Crippen molar-refractivity contribution in [2.24, 2.45) is 5.10 Å². The topological polar surface area (TPSA) is 15.6 Å². The molecular formula is C5H10N2. The molecule has 0 aromatic rings.